The molecule has 0 aromatic heterocycles. The summed E-state index contributed by atoms with van der Waals surface area (Å²) in [6.07, 6.45) is 13.3. The molecule has 0 spiro atoms. The van der Waals surface area contributed by atoms with Crippen LogP contribution in [-0.2, 0) is 0 Å². The van der Waals surface area contributed by atoms with Crippen LogP contribution < -0.4 is 9.64 Å². The third-order valence-electron chi connectivity index (χ3n) is 10.6. The second kappa shape index (κ2) is 15.3. The first-order valence-electron chi connectivity index (χ1n) is 19.2. The Labute approximate surface area is 329 Å². The quantitative estimate of drug-likeness (QED) is 0.115. The van der Waals surface area contributed by atoms with E-state index < -0.39 is 0 Å². The van der Waals surface area contributed by atoms with Gasteiger partial charge in [-0.3, -0.25) is 0 Å². The van der Waals surface area contributed by atoms with Crippen molar-refractivity contribution in [3.8, 4) is 28.0 Å². The second-order valence-corrected chi connectivity index (χ2v) is 14.1. The smallest absolute Gasteiger partial charge is 0.134 e. The SMILES string of the molecule is C=C1/C=C\C=C(\C/C=C\C(=C/C)N(c2ccc(-c3ccc(-c4cccc5ccccc45)cc3)cc2)c2cc3ccccc3c3ccccc23)Oc2ccccc21. The van der Waals surface area contributed by atoms with Gasteiger partial charge in [0.05, 0.1) is 5.69 Å². The third kappa shape index (κ3) is 6.74. The van der Waals surface area contributed by atoms with Crippen LogP contribution in [0.5, 0.6) is 5.75 Å². The van der Waals surface area contributed by atoms with Crippen LogP contribution in [0.1, 0.15) is 18.9 Å². The Morgan fingerprint density at radius 3 is 1.98 bits per heavy atom. The molecular weight excluding hydrogens is 679 g/mol. The van der Waals surface area contributed by atoms with Crippen molar-refractivity contribution in [1.29, 1.82) is 0 Å². The maximum absolute atomic E-state index is 6.43. The monoisotopic (exact) mass is 719 g/mol. The van der Waals surface area contributed by atoms with E-state index >= 15 is 0 Å². The van der Waals surface area contributed by atoms with Gasteiger partial charge in [-0.2, -0.15) is 0 Å². The molecule has 0 radical (unpaired) electrons. The zero-order valence-electron chi connectivity index (χ0n) is 31.4. The number of fused-ring (bicyclic) bond motifs is 5. The number of allylic oxidation sites excluding steroid dienone is 7. The number of hydrogen-bond acceptors (Lipinski definition) is 2. The highest BCUT2D eigenvalue weighted by Crippen LogP contribution is 2.41. The molecule has 2 heteroatoms. The molecule has 0 fully saturated rings. The normalized spacial score (nSPS) is 14.6. The van der Waals surface area contributed by atoms with Crippen molar-refractivity contribution < 1.29 is 4.74 Å². The molecule has 0 amide bonds. The summed E-state index contributed by atoms with van der Waals surface area (Å²) >= 11 is 0. The van der Waals surface area contributed by atoms with E-state index in [0.29, 0.717) is 6.42 Å². The van der Waals surface area contributed by atoms with Crippen LogP contribution in [0.4, 0.5) is 11.4 Å². The minimum atomic E-state index is 0.627. The predicted molar refractivity (Wildman–Crippen MR) is 239 cm³/mol. The maximum Gasteiger partial charge on any atom is 0.134 e. The lowest BCUT2D eigenvalue weighted by Crippen LogP contribution is -2.15. The molecule has 0 unspecified atom stereocenters. The van der Waals surface area contributed by atoms with Crippen LogP contribution in [0.25, 0.3) is 60.1 Å². The summed E-state index contributed by atoms with van der Waals surface area (Å²) < 4.78 is 6.43. The average molecular weight is 720 g/mol. The van der Waals surface area contributed by atoms with E-state index in [1.165, 1.54) is 54.6 Å². The fraction of sp³-hybridized carbons (Fsp3) is 0.0370. The Hall–Kier alpha value is -7.16. The molecule has 8 aromatic carbocycles. The van der Waals surface area contributed by atoms with Crippen molar-refractivity contribution >= 4 is 49.3 Å². The number of benzene rings is 8. The Morgan fingerprint density at radius 1 is 0.589 bits per heavy atom. The molecule has 1 aliphatic rings. The van der Waals surface area contributed by atoms with Gasteiger partial charge in [-0.1, -0.05) is 176 Å². The van der Waals surface area contributed by atoms with Crippen LogP contribution in [0, 0.1) is 0 Å². The lowest BCUT2D eigenvalue weighted by Gasteiger charge is -2.28. The molecule has 0 atom stereocenters. The van der Waals surface area contributed by atoms with Crippen molar-refractivity contribution in [2.75, 3.05) is 4.90 Å². The number of hydrogen-bond donors (Lipinski definition) is 0. The van der Waals surface area contributed by atoms with E-state index in [1.807, 2.05) is 36.4 Å². The van der Waals surface area contributed by atoms with E-state index in [1.54, 1.807) is 0 Å². The number of para-hydroxylation sites is 1. The van der Waals surface area contributed by atoms with Gasteiger partial charge in [-0.15, -0.1) is 0 Å². The maximum atomic E-state index is 6.43. The zero-order valence-corrected chi connectivity index (χ0v) is 31.4. The predicted octanol–water partition coefficient (Wildman–Crippen LogP) is 15.0. The van der Waals surface area contributed by atoms with Crippen molar-refractivity contribution in [1.82, 2.24) is 0 Å². The van der Waals surface area contributed by atoms with Gasteiger partial charge in [0.15, 0.2) is 0 Å². The standard InChI is InChI=1S/C54H41NO/c1-3-44(19-14-21-46-20-12-15-38(2)47-22-10-11-28-54(47)56-46)55(53-37-43-17-5-7-24-50(43)51-25-8-9-26-52(51)53)45-35-33-40(34-36-45)39-29-31-42(32-30-39)49-27-13-18-41-16-4-6-23-48(41)49/h3-20,22-37H,2,21H2,1H3/b15-12-,19-14-,44-3+,46-20-. The van der Waals surface area contributed by atoms with Crippen LogP contribution in [0.3, 0.4) is 0 Å². The van der Waals surface area contributed by atoms with Gasteiger partial charge < -0.3 is 9.64 Å². The number of rotatable bonds is 8. The highest BCUT2D eigenvalue weighted by Gasteiger charge is 2.18. The van der Waals surface area contributed by atoms with Gasteiger partial charge in [0.1, 0.15) is 11.5 Å². The highest BCUT2D eigenvalue weighted by molar-refractivity contribution is 6.14. The average Bonchev–Trinajstić information content (AvgIpc) is 3.25. The molecule has 0 saturated heterocycles. The number of nitrogens with zero attached hydrogens (tertiary/aromatic N) is 1. The van der Waals surface area contributed by atoms with Gasteiger partial charge in [-0.05, 0) is 98.1 Å². The largest absolute Gasteiger partial charge is 0.461 e. The summed E-state index contributed by atoms with van der Waals surface area (Å²) in [5.41, 5.74) is 10.0. The summed E-state index contributed by atoms with van der Waals surface area (Å²) in [5.74, 6) is 1.69. The van der Waals surface area contributed by atoms with Crippen LogP contribution in [-0.4, -0.2) is 0 Å². The van der Waals surface area contributed by atoms with E-state index in [-0.39, 0.29) is 0 Å². The highest BCUT2D eigenvalue weighted by atomic mass is 16.5. The molecule has 0 bridgehead atoms. The van der Waals surface area contributed by atoms with E-state index in [9.17, 15) is 0 Å². The first-order valence-corrected chi connectivity index (χ1v) is 19.2. The first kappa shape index (κ1) is 34.6. The summed E-state index contributed by atoms with van der Waals surface area (Å²) in [6, 6.07) is 60.8. The van der Waals surface area contributed by atoms with Gasteiger partial charge >= 0.3 is 0 Å². The fourth-order valence-corrected chi connectivity index (χ4v) is 7.83. The van der Waals surface area contributed by atoms with Crippen molar-refractivity contribution in [2.24, 2.45) is 0 Å². The molecule has 56 heavy (non-hydrogen) atoms. The number of anilines is 2. The molecule has 0 N–H and O–H groups in total. The van der Waals surface area contributed by atoms with Crippen molar-refractivity contribution in [3.05, 3.63) is 230 Å². The van der Waals surface area contributed by atoms with Crippen LogP contribution in [0.2, 0.25) is 0 Å². The van der Waals surface area contributed by atoms with Gasteiger partial charge in [-0.25, -0.2) is 0 Å². The third-order valence-corrected chi connectivity index (χ3v) is 10.6. The Kier molecular flexibility index (Phi) is 9.45. The molecule has 8 aromatic rings. The lowest BCUT2D eigenvalue weighted by molar-refractivity contribution is 0.414. The molecule has 2 nitrogen and oxygen atoms in total. The van der Waals surface area contributed by atoms with Crippen LogP contribution in [0.15, 0.2) is 224 Å². The van der Waals surface area contributed by atoms with E-state index in [4.69, 9.17) is 4.74 Å². The zero-order chi connectivity index (χ0) is 37.8. The minimum absolute atomic E-state index is 0.627. The molecule has 1 aliphatic heterocycles. The lowest BCUT2D eigenvalue weighted by atomic mass is 9.96. The summed E-state index contributed by atoms with van der Waals surface area (Å²) in [7, 11) is 0. The molecule has 268 valence electrons. The summed E-state index contributed by atoms with van der Waals surface area (Å²) in [6.45, 7) is 6.33. The number of ether oxygens (including phenoxy) is 1. The molecule has 9 rings (SSSR count). The minimum Gasteiger partial charge on any atom is -0.461 e. The van der Waals surface area contributed by atoms with Gasteiger partial charge in [0, 0.05) is 28.8 Å². The first-order chi connectivity index (χ1) is 27.6. The Balaban J connectivity index is 1.08. The van der Waals surface area contributed by atoms with Crippen LogP contribution >= 0.6 is 0 Å². The van der Waals surface area contributed by atoms with Gasteiger partial charge in [0.25, 0.3) is 0 Å². The molecule has 0 saturated carbocycles. The van der Waals surface area contributed by atoms with E-state index in [0.717, 1.165) is 39.7 Å². The summed E-state index contributed by atoms with van der Waals surface area (Å²) in [4.78, 5) is 2.38. The molecular formula is C54H41NO. The van der Waals surface area contributed by atoms with E-state index in [2.05, 4.69) is 188 Å². The van der Waals surface area contributed by atoms with Crippen molar-refractivity contribution in [3.63, 3.8) is 0 Å². The second-order valence-electron chi connectivity index (χ2n) is 14.1. The van der Waals surface area contributed by atoms with Gasteiger partial charge in [0.2, 0.25) is 0 Å². The fourth-order valence-electron chi connectivity index (χ4n) is 7.83. The topological polar surface area (TPSA) is 12.5 Å². The Morgan fingerprint density at radius 2 is 1.20 bits per heavy atom. The van der Waals surface area contributed by atoms with Crippen molar-refractivity contribution in [2.45, 2.75) is 13.3 Å². The molecule has 0 aliphatic carbocycles. The summed E-state index contributed by atoms with van der Waals surface area (Å²) in [5, 5.41) is 7.39. The Bertz CT molecular complexity index is 2860. The molecule has 1 heterocycles.